The monoisotopic (exact) mass is 731 g/mol. The first-order valence-electron chi connectivity index (χ1n) is 19.3. The third-order valence-corrected chi connectivity index (χ3v) is 10.9. The van der Waals surface area contributed by atoms with Crippen molar-refractivity contribution in [2.75, 3.05) is 0 Å². The molecule has 2 heterocycles. The Morgan fingerprint density at radius 3 is 1.33 bits per heavy atom. The van der Waals surface area contributed by atoms with Crippen LogP contribution in [0.4, 0.5) is 0 Å². The van der Waals surface area contributed by atoms with Crippen molar-refractivity contribution in [3.8, 4) is 90.3 Å². The van der Waals surface area contributed by atoms with Gasteiger partial charge in [0.2, 0.25) is 0 Å². The normalized spacial score (nSPS) is 12.5. The molecule has 0 saturated heterocycles. The maximum Gasteiger partial charge on any atom is 0.164 e. The predicted molar refractivity (Wildman–Crippen MR) is 231 cm³/mol. The van der Waals surface area contributed by atoms with Crippen LogP contribution in [-0.2, 0) is 5.41 Å². The van der Waals surface area contributed by atoms with E-state index in [1.807, 2.05) is 66.7 Å². The van der Waals surface area contributed by atoms with Crippen molar-refractivity contribution >= 4 is 0 Å². The number of nitrogens with zero attached hydrogens (tertiary/aromatic N) is 5. The minimum Gasteiger partial charge on any atom is -0.228 e. The molecule has 0 atom stereocenters. The second-order valence-electron chi connectivity index (χ2n) is 15.0. The summed E-state index contributed by atoms with van der Waals surface area (Å²) in [4.78, 5) is 25.4. The lowest BCUT2D eigenvalue weighted by molar-refractivity contribution is 0.660. The van der Waals surface area contributed by atoms with Crippen LogP contribution < -0.4 is 0 Å². The fourth-order valence-electron chi connectivity index (χ4n) is 7.96. The van der Waals surface area contributed by atoms with E-state index in [1.54, 1.807) is 0 Å². The number of hydrogen-bond donors (Lipinski definition) is 0. The summed E-state index contributed by atoms with van der Waals surface area (Å²) in [7, 11) is 0. The summed E-state index contributed by atoms with van der Waals surface area (Å²) in [5.41, 5.74) is 14.7. The molecule has 0 unspecified atom stereocenters. The summed E-state index contributed by atoms with van der Waals surface area (Å²) in [6.07, 6.45) is 0. The van der Waals surface area contributed by atoms with Crippen LogP contribution in [0.5, 0.6) is 0 Å². The first kappa shape index (κ1) is 34.1. The molecule has 9 aromatic rings. The number of rotatable bonds is 7. The molecule has 57 heavy (non-hydrogen) atoms. The Hall–Kier alpha value is -7.37. The molecular weight excluding hydrogens is 695 g/mol. The number of fused-ring (bicyclic) bond motifs is 3. The van der Waals surface area contributed by atoms with Gasteiger partial charge in [-0.3, -0.25) is 0 Å². The van der Waals surface area contributed by atoms with Crippen LogP contribution in [0, 0.1) is 0 Å². The number of hydrogen-bond acceptors (Lipinski definition) is 5. The van der Waals surface area contributed by atoms with Gasteiger partial charge < -0.3 is 0 Å². The summed E-state index contributed by atoms with van der Waals surface area (Å²) in [6, 6.07) is 65.0. The Labute approximate surface area is 332 Å². The van der Waals surface area contributed by atoms with Crippen LogP contribution in [0.3, 0.4) is 0 Å². The SMILES string of the molecule is CC1(C)c2ccccc2-c2ccc(-c3nc(-c4ccccc4)nc(-c4cccc(-c5cccc(-c6cc(-c7ccccc7)nc(-c7ccccc7)n6)c5)c4)n3)cc21. The maximum atomic E-state index is 5.16. The van der Waals surface area contributed by atoms with Crippen LogP contribution in [0.1, 0.15) is 25.0 Å². The second kappa shape index (κ2) is 14.0. The largest absolute Gasteiger partial charge is 0.228 e. The van der Waals surface area contributed by atoms with Gasteiger partial charge in [0, 0.05) is 38.8 Å². The lowest BCUT2D eigenvalue weighted by Gasteiger charge is -2.21. The van der Waals surface area contributed by atoms with Gasteiger partial charge in [-0.15, -0.1) is 0 Å². The lowest BCUT2D eigenvalue weighted by Crippen LogP contribution is -2.15. The quantitative estimate of drug-likeness (QED) is 0.163. The second-order valence-corrected chi connectivity index (χ2v) is 15.0. The first-order chi connectivity index (χ1) is 28.0. The number of aromatic nitrogens is 5. The van der Waals surface area contributed by atoms with Gasteiger partial charge in [-0.2, -0.15) is 0 Å². The van der Waals surface area contributed by atoms with Gasteiger partial charge in [0.25, 0.3) is 0 Å². The highest BCUT2D eigenvalue weighted by Crippen LogP contribution is 2.49. The molecule has 0 fully saturated rings. The first-order valence-corrected chi connectivity index (χ1v) is 19.3. The molecular formula is C52H37N5. The van der Waals surface area contributed by atoms with Gasteiger partial charge in [-0.25, -0.2) is 24.9 Å². The highest BCUT2D eigenvalue weighted by atomic mass is 15.0. The zero-order valence-corrected chi connectivity index (χ0v) is 31.6. The van der Waals surface area contributed by atoms with E-state index in [2.05, 4.69) is 135 Å². The van der Waals surface area contributed by atoms with E-state index in [-0.39, 0.29) is 5.41 Å². The summed E-state index contributed by atoms with van der Waals surface area (Å²) in [5.74, 6) is 2.60. The summed E-state index contributed by atoms with van der Waals surface area (Å²) in [5, 5.41) is 0. The van der Waals surface area contributed by atoms with Crippen LogP contribution in [0.2, 0.25) is 0 Å². The molecule has 7 aromatic carbocycles. The molecule has 270 valence electrons. The Bertz CT molecular complexity index is 2860. The molecule has 0 amide bonds. The van der Waals surface area contributed by atoms with Gasteiger partial charge >= 0.3 is 0 Å². The van der Waals surface area contributed by atoms with Gasteiger partial charge in [0.15, 0.2) is 23.3 Å². The van der Waals surface area contributed by atoms with Crippen molar-refractivity contribution in [2.24, 2.45) is 0 Å². The van der Waals surface area contributed by atoms with E-state index in [0.29, 0.717) is 23.3 Å². The standard InChI is InChI=1S/C52H37N5/c1-52(2)44-27-13-12-26-42(44)43-29-28-41(32-45(43)52)51-56-49(36-20-10-5-11-21-36)55-50(57-51)40-25-15-23-38(31-40)37-22-14-24-39(30-37)47-33-46(34-16-6-3-7-17-34)53-48(54-47)35-18-8-4-9-19-35/h3-33H,1-2H3. The van der Waals surface area contributed by atoms with Gasteiger partial charge in [-0.1, -0.05) is 178 Å². The maximum absolute atomic E-state index is 5.16. The Kier molecular flexibility index (Phi) is 8.41. The molecule has 0 saturated carbocycles. The number of benzene rings is 7. The fourth-order valence-corrected chi connectivity index (χ4v) is 7.96. The van der Waals surface area contributed by atoms with Crippen LogP contribution in [-0.4, -0.2) is 24.9 Å². The van der Waals surface area contributed by atoms with E-state index in [9.17, 15) is 0 Å². The van der Waals surface area contributed by atoms with Gasteiger partial charge in [-0.05, 0) is 57.6 Å². The van der Waals surface area contributed by atoms with Crippen molar-refractivity contribution < 1.29 is 0 Å². The molecule has 0 spiro atoms. The Morgan fingerprint density at radius 2 is 0.702 bits per heavy atom. The summed E-state index contributed by atoms with van der Waals surface area (Å²) in [6.45, 7) is 4.59. The molecule has 0 bridgehead atoms. The van der Waals surface area contributed by atoms with E-state index in [1.165, 1.54) is 22.3 Å². The minimum absolute atomic E-state index is 0.138. The van der Waals surface area contributed by atoms with E-state index >= 15 is 0 Å². The molecule has 5 heteroatoms. The van der Waals surface area contributed by atoms with Gasteiger partial charge in [0.1, 0.15) is 0 Å². The summed E-state index contributed by atoms with van der Waals surface area (Å²) >= 11 is 0. The van der Waals surface area contributed by atoms with E-state index in [0.717, 1.165) is 55.9 Å². The highest BCUT2D eigenvalue weighted by molar-refractivity contribution is 5.83. The molecule has 2 aromatic heterocycles. The van der Waals surface area contributed by atoms with Crippen LogP contribution in [0.25, 0.3) is 90.3 Å². The van der Waals surface area contributed by atoms with Crippen molar-refractivity contribution in [1.82, 2.24) is 24.9 Å². The van der Waals surface area contributed by atoms with Crippen LogP contribution >= 0.6 is 0 Å². The zero-order chi connectivity index (χ0) is 38.3. The smallest absolute Gasteiger partial charge is 0.164 e. The van der Waals surface area contributed by atoms with E-state index in [4.69, 9.17) is 24.9 Å². The predicted octanol–water partition coefficient (Wildman–Crippen LogP) is 12.6. The molecule has 1 aliphatic rings. The minimum atomic E-state index is -0.138. The molecule has 5 nitrogen and oxygen atoms in total. The average Bonchev–Trinajstić information content (AvgIpc) is 3.52. The summed E-state index contributed by atoms with van der Waals surface area (Å²) < 4.78 is 0. The molecule has 10 rings (SSSR count). The lowest BCUT2D eigenvalue weighted by atomic mass is 9.82. The van der Waals surface area contributed by atoms with Crippen molar-refractivity contribution in [1.29, 1.82) is 0 Å². The molecule has 0 aliphatic heterocycles. The molecule has 1 aliphatic carbocycles. The third kappa shape index (κ3) is 6.39. The molecule has 0 N–H and O–H groups in total. The molecule has 0 radical (unpaired) electrons. The van der Waals surface area contributed by atoms with Gasteiger partial charge in [0.05, 0.1) is 11.4 Å². The Balaban J connectivity index is 1.06. The third-order valence-electron chi connectivity index (χ3n) is 10.9. The Morgan fingerprint density at radius 1 is 0.281 bits per heavy atom. The zero-order valence-electron chi connectivity index (χ0n) is 31.6. The fraction of sp³-hybridized carbons (Fsp3) is 0.0577. The topological polar surface area (TPSA) is 64.5 Å². The van der Waals surface area contributed by atoms with Crippen molar-refractivity contribution in [3.63, 3.8) is 0 Å². The van der Waals surface area contributed by atoms with Crippen LogP contribution in [0.15, 0.2) is 188 Å². The van der Waals surface area contributed by atoms with Crippen molar-refractivity contribution in [3.05, 3.63) is 199 Å². The highest BCUT2D eigenvalue weighted by Gasteiger charge is 2.35. The van der Waals surface area contributed by atoms with E-state index < -0.39 is 0 Å². The average molecular weight is 732 g/mol. The van der Waals surface area contributed by atoms with Crippen molar-refractivity contribution in [2.45, 2.75) is 19.3 Å².